The minimum atomic E-state index is 0.644. The van der Waals surface area contributed by atoms with Crippen molar-refractivity contribution in [2.75, 3.05) is 32.8 Å². The smallest absolute Gasteiger partial charge is 0.168 e. The van der Waals surface area contributed by atoms with E-state index in [1.165, 1.54) is 25.7 Å². The number of hydrogen-bond donors (Lipinski definition) is 2. The summed E-state index contributed by atoms with van der Waals surface area (Å²) in [5.41, 5.74) is 0. The first-order valence-corrected chi connectivity index (χ1v) is 10.1. The third kappa shape index (κ3) is 8.06. The van der Waals surface area contributed by atoms with Gasteiger partial charge in [0.25, 0.3) is 0 Å². The molecule has 1 aromatic carbocycles. The lowest BCUT2D eigenvalue weighted by Crippen LogP contribution is -2.48. The van der Waals surface area contributed by atoms with E-state index in [4.69, 9.17) is 17.0 Å². The zero-order valence-electron chi connectivity index (χ0n) is 15.5. The van der Waals surface area contributed by atoms with Gasteiger partial charge in [-0.3, -0.25) is 0 Å². The average molecular weight is 364 g/mol. The normalized spacial score (nSPS) is 15.2. The van der Waals surface area contributed by atoms with Crippen LogP contribution in [0.2, 0.25) is 0 Å². The molecule has 2 rings (SSSR count). The lowest BCUT2D eigenvalue weighted by Gasteiger charge is -2.34. The molecule has 1 heterocycles. The molecule has 140 valence electrons. The molecular weight excluding hydrogens is 330 g/mol. The third-order valence-corrected chi connectivity index (χ3v) is 4.98. The van der Waals surface area contributed by atoms with Crippen LogP contribution in [0.25, 0.3) is 0 Å². The molecule has 0 bridgehead atoms. The van der Waals surface area contributed by atoms with Gasteiger partial charge in [-0.05, 0) is 69.4 Å². The molecule has 0 saturated carbocycles. The molecule has 25 heavy (non-hydrogen) atoms. The van der Waals surface area contributed by atoms with Crippen LogP contribution in [0, 0.1) is 0 Å². The van der Waals surface area contributed by atoms with E-state index < -0.39 is 0 Å². The number of rotatable bonds is 10. The predicted molar refractivity (Wildman–Crippen MR) is 109 cm³/mol. The van der Waals surface area contributed by atoms with E-state index in [-0.39, 0.29) is 0 Å². The summed E-state index contributed by atoms with van der Waals surface area (Å²) < 4.78 is 5.72. The van der Waals surface area contributed by atoms with Crippen LogP contribution in [0.4, 0.5) is 0 Å². The maximum absolute atomic E-state index is 5.72. The van der Waals surface area contributed by atoms with Crippen LogP contribution in [0.3, 0.4) is 0 Å². The van der Waals surface area contributed by atoms with Crippen LogP contribution in [-0.4, -0.2) is 48.8 Å². The summed E-state index contributed by atoms with van der Waals surface area (Å²) in [6.07, 6.45) is 7.04. The monoisotopic (exact) mass is 363 g/mol. The van der Waals surface area contributed by atoms with Crippen molar-refractivity contribution in [2.45, 2.75) is 51.5 Å². The zero-order valence-corrected chi connectivity index (χ0v) is 16.3. The van der Waals surface area contributed by atoms with Gasteiger partial charge in [0.2, 0.25) is 0 Å². The molecule has 1 aliphatic heterocycles. The van der Waals surface area contributed by atoms with Gasteiger partial charge in [0, 0.05) is 25.7 Å². The largest absolute Gasteiger partial charge is 0.494 e. The quantitative estimate of drug-likeness (QED) is 0.491. The maximum atomic E-state index is 5.72. The summed E-state index contributed by atoms with van der Waals surface area (Å²) in [6, 6.07) is 10.7. The van der Waals surface area contributed by atoms with Gasteiger partial charge in [0.05, 0.1) is 6.61 Å². The Morgan fingerprint density at radius 3 is 2.60 bits per heavy atom. The van der Waals surface area contributed by atoms with E-state index in [0.717, 1.165) is 56.5 Å². The highest BCUT2D eigenvalue weighted by molar-refractivity contribution is 7.80. The molecule has 1 fully saturated rings. The number of ether oxygens (including phenoxy) is 1. The Morgan fingerprint density at radius 2 is 1.88 bits per heavy atom. The first-order chi connectivity index (χ1) is 12.3. The second-order valence-corrected chi connectivity index (χ2v) is 7.06. The molecule has 0 radical (unpaired) electrons. The average Bonchev–Trinajstić information content (AvgIpc) is 2.66. The van der Waals surface area contributed by atoms with Crippen LogP contribution in [0.15, 0.2) is 30.3 Å². The molecule has 2 N–H and O–H groups in total. The second-order valence-electron chi connectivity index (χ2n) is 6.67. The van der Waals surface area contributed by atoms with Crippen molar-refractivity contribution in [3.8, 4) is 5.75 Å². The number of benzene rings is 1. The SMILES string of the molecule is CCCNC(=S)N1CCC(NCCCCCOc2ccccc2)CC1. The summed E-state index contributed by atoms with van der Waals surface area (Å²) in [7, 11) is 0. The molecule has 0 aliphatic carbocycles. The van der Waals surface area contributed by atoms with Gasteiger partial charge in [-0.25, -0.2) is 0 Å². The van der Waals surface area contributed by atoms with E-state index in [2.05, 4.69) is 22.5 Å². The molecule has 0 spiro atoms. The zero-order chi connectivity index (χ0) is 17.7. The number of likely N-dealkylation sites (tertiary alicyclic amines) is 1. The molecule has 1 saturated heterocycles. The van der Waals surface area contributed by atoms with Crippen molar-refractivity contribution in [2.24, 2.45) is 0 Å². The molecule has 0 amide bonds. The molecule has 1 aliphatic rings. The fourth-order valence-corrected chi connectivity index (χ4v) is 3.33. The van der Waals surface area contributed by atoms with Crippen LogP contribution in [-0.2, 0) is 0 Å². The molecule has 0 unspecified atom stereocenters. The lowest BCUT2D eigenvalue weighted by atomic mass is 10.1. The number of nitrogens with one attached hydrogen (secondary N) is 2. The second kappa shape index (κ2) is 12.1. The van der Waals surface area contributed by atoms with Crippen molar-refractivity contribution in [3.05, 3.63) is 30.3 Å². The number of nitrogens with zero attached hydrogens (tertiary/aromatic N) is 1. The van der Waals surface area contributed by atoms with Crippen molar-refractivity contribution >= 4 is 17.3 Å². The highest BCUT2D eigenvalue weighted by Gasteiger charge is 2.19. The van der Waals surface area contributed by atoms with Gasteiger partial charge in [0.15, 0.2) is 5.11 Å². The Bertz CT molecular complexity index is 475. The molecule has 4 nitrogen and oxygen atoms in total. The van der Waals surface area contributed by atoms with E-state index in [1.54, 1.807) is 0 Å². The first kappa shape index (κ1) is 20.0. The van der Waals surface area contributed by atoms with Crippen molar-refractivity contribution < 1.29 is 4.74 Å². The number of hydrogen-bond acceptors (Lipinski definition) is 3. The van der Waals surface area contributed by atoms with E-state index >= 15 is 0 Å². The number of piperidine rings is 1. The van der Waals surface area contributed by atoms with Crippen molar-refractivity contribution in [1.29, 1.82) is 0 Å². The summed E-state index contributed by atoms with van der Waals surface area (Å²) >= 11 is 5.44. The van der Waals surface area contributed by atoms with Crippen LogP contribution in [0.1, 0.15) is 45.4 Å². The Kier molecular flexibility index (Phi) is 9.67. The number of para-hydroxylation sites is 1. The van der Waals surface area contributed by atoms with Gasteiger partial charge >= 0.3 is 0 Å². The Balaban J connectivity index is 1.45. The molecular formula is C20H33N3OS. The summed E-state index contributed by atoms with van der Waals surface area (Å²) in [5.74, 6) is 0.971. The summed E-state index contributed by atoms with van der Waals surface area (Å²) in [5, 5.41) is 7.96. The lowest BCUT2D eigenvalue weighted by molar-refractivity contribution is 0.276. The van der Waals surface area contributed by atoms with Gasteiger partial charge in [-0.2, -0.15) is 0 Å². The summed E-state index contributed by atoms with van der Waals surface area (Å²) in [6.45, 7) is 7.19. The predicted octanol–water partition coefficient (Wildman–Crippen LogP) is 3.57. The van der Waals surface area contributed by atoms with Crippen molar-refractivity contribution in [3.63, 3.8) is 0 Å². The maximum Gasteiger partial charge on any atom is 0.168 e. The van der Waals surface area contributed by atoms with Crippen LogP contribution >= 0.6 is 12.2 Å². The first-order valence-electron chi connectivity index (χ1n) is 9.73. The van der Waals surface area contributed by atoms with E-state index in [9.17, 15) is 0 Å². The molecule has 0 atom stereocenters. The number of unbranched alkanes of at least 4 members (excludes halogenated alkanes) is 2. The minimum absolute atomic E-state index is 0.644. The Hall–Kier alpha value is -1.33. The van der Waals surface area contributed by atoms with Gasteiger partial charge in [0.1, 0.15) is 5.75 Å². The number of thiocarbonyl (C=S) groups is 1. The van der Waals surface area contributed by atoms with Gasteiger partial charge in [-0.1, -0.05) is 25.1 Å². The standard InChI is InChI=1S/C20H33N3OS/c1-2-13-22-20(25)23-15-11-18(12-16-23)21-14-7-4-8-17-24-19-9-5-3-6-10-19/h3,5-6,9-10,18,21H,2,4,7-8,11-17H2,1H3,(H,22,25). The Morgan fingerprint density at radius 1 is 1.12 bits per heavy atom. The van der Waals surface area contributed by atoms with Crippen LogP contribution in [0.5, 0.6) is 5.75 Å². The molecule has 5 heteroatoms. The van der Waals surface area contributed by atoms with Crippen molar-refractivity contribution in [1.82, 2.24) is 15.5 Å². The van der Waals surface area contributed by atoms with Crippen LogP contribution < -0.4 is 15.4 Å². The molecule has 0 aromatic heterocycles. The highest BCUT2D eigenvalue weighted by atomic mass is 32.1. The highest BCUT2D eigenvalue weighted by Crippen LogP contribution is 2.11. The molecule has 1 aromatic rings. The van der Waals surface area contributed by atoms with E-state index in [1.807, 2.05) is 30.3 Å². The fourth-order valence-electron chi connectivity index (χ4n) is 3.05. The van der Waals surface area contributed by atoms with Gasteiger partial charge < -0.3 is 20.3 Å². The Labute approximate surface area is 158 Å². The fraction of sp³-hybridized carbons (Fsp3) is 0.650. The summed E-state index contributed by atoms with van der Waals surface area (Å²) in [4.78, 5) is 2.31. The minimum Gasteiger partial charge on any atom is -0.494 e. The van der Waals surface area contributed by atoms with E-state index in [0.29, 0.717) is 6.04 Å². The van der Waals surface area contributed by atoms with Gasteiger partial charge in [-0.15, -0.1) is 0 Å². The third-order valence-electron chi connectivity index (χ3n) is 4.57. The topological polar surface area (TPSA) is 36.5 Å².